The number of hydrogen-bond acceptors (Lipinski definition) is 8. The van der Waals surface area contributed by atoms with Gasteiger partial charge in [0.1, 0.15) is 11.5 Å². The molecule has 4 atom stereocenters. The summed E-state index contributed by atoms with van der Waals surface area (Å²) in [7, 11) is 0. The van der Waals surface area contributed by atoms with Gasteiger partial charge in [-0.1, -0.05) is 30.3 Å². The van der Waals surface area contributed by atoms with Crippen LogP contribution in [0, 0.1) is 25.7 Å². The minimum atomic E-state index is -1.03. The number of aliphatic imine (C=N–C) groups is 1. The number of nitrogens with two attached hydrogens (primary N) is 4. The van der Waals surface area contributed by atoms with Crippen molar-refractivity contribution in [1.29, 1.82) is 0 Å². The van der Waals surface area contributed by atoms with Crippen molar-refractivity contribution in [1.82, 2.24) is 15.5 Å². The molecule has 0 aliphatic rings. The van der Waals surface area contributed by atoms with Gasteiger partial charge in [-0.05, 0) is 80.0 Å². The Morgan fingerprint density at radius 1 is 0.915 bits per heavy atom. The fraction of sp³-hybridized carbons (Fsp3) is 0.412. The predicted octanol–water partition coefficient (Wildman–Crippen LogP) is 1.26. The first-order valence-electron chi connectivity index (χ1n) is 15.6. The second-order valence-corrected chi connectivity index (χ2v) is 12.0. The third-order valence-electron chi connectivity index (χ3n) is 8.19. The highest BCUT2D eigenvalue weighted by atomic mass is 16.3. The number of aromatic nitrogens is 2. The first-order chi connectivity index (χ1) is 22.3. The van der Waals surface area contributed by atoms with Crippen LogP contribution in [0.5, 0.6) is 5.75 Å². The second kappa shape index (κ2) is 17.6. The number of amides is 2. The van der Waals surface area contributed by atoms with E-state index in [1.54, 1.807) is 18.2 Å². The molecule has 13 nitrogen and oxygen atoms in total. The van der Waals surface area contributed by atoms with Gasteiger partial charge < -0.3 is 33.4 Å². The molecule has 11 N–H and O–H groups in total. The molecule has 3 aromatic rings. The van der Waals surface area contributed by atoms with Gasteiger partial charge in [-0.2, -0.15) is 5.10 Å². The Balaban J connectivity index is 1.85. The van der Waals surface area contributed by atoms with Crippen LogP contribution in [0.4, 0.5) is 0 Å². The van der Waals surface area contributed by atoms with Gasteiger partial charge in [0.05, 0.1) is 12.1 Å². The van der Waals surface area contributed by atoms with Crippen molar-refractivity contribution >= 4 is 29.3 Å². The number of hydrogen-bond donors (Lipinski definition) is 7. The number of aryl methyl sites for hydroxylation is 2. The number of nitrogens with zero attached hydrogens (tertiary/aromatic N) is 2. The average Bonchev–Trinajstić information content (AvgIpc) is 3.53. The van der Waals surface area contributed by atoms with Crippen LogP contribution < -0.4 is 28.3 Å². The van der Waals surface area contributed by atoms with E-state index >= 15 is 0 Å². The van der Waals surface area contributed by atoms with Crippen LogP contribution in [0.25, 0.3) is 0 Å². The zero-order chi connectivity index (χ0) is 34.5. The second-order valence-electron chi connectivity index (χ2n) is 12.0. The summed E-state index contributed by atoms with van der Waals surface area (Å²) in [5.41, 5.74) is 26.4. The van der Waals surface area contributed by atoms with Crippen molar-refractivity contribution < 1.29 is 24.3 Å². The number of Topliss-reactive ketones (excluding diaryl/α,β-unsaturated/α-hetero) is 2. The largest absolute Gasteiger partial charge is 0.508 e. The standard InChI is InChI=1S/C34H46N8O5/c1-20-13-26(43)14-21(2)27(20)16-24(18-30(44)28(35)9-6-11-39-34(37)38)33(47)41-29(19-25-10-12-40-42-25)31(45)17-23(32(36)46)15-22-7-4-3-5-8-22/h3-5,7-8,10,12-14,23-24,28-29,43H,6,9,11,15-19,35H2,1-2H3,(H2,36,46)(H,40,42)(H,41,47)(H4,37,38,39)/t23-,24-,28-,29+/m1/s1. The van der Waals surface area contributed by atoms with Gasteiger partial charge in [0.2, 0.25) is 11.8 Å². The van der Waals surface area contributed by atoms with Gasteiger partial charge in [0.25, 0.3) is 0 Å². The first-order valence-corrected chi connectivity index (χ1v) is 15.6. The maximum absolute atomic E-state index is 14.0. The molecule has 0 saturated heterocycles. The fourth-order valence-corrected chi connectivity index (χ4v) is 5.58. The Hall–Kier alpha value is -5.04. The SMILES string of the molecule is Cc1cc(O)cc(C)c1C[C@H](CC(=O)[C@H](N)CCCN=C(N)N)C(=O)N[C@@H](Cc1ccn[nH]1)C(=O)C[C@@H](Cc1ccccc1)C(N)=O. The quantitative estimate of drug-likeness (QED) is 0.0562. The number of phenols is 1. The van der Waals surface area contributed by atoms with E-state index in [-0.39, 0.29) is 55.4 Å². The van der Waals surface area contributed by atoms with E-state index in [1.165, 1.54) is 6.20 Å². The summed E-state index contributed by atoms with van der Waals surface area (Å²) >= 11 is 0. The number of H-pyrrole nitrogens is 1. The summed E-state index contributed by atoms with van der Waals surface area (Å²) in [6.45, 7) is 3.94. The number of benzene rings is 2. The van der Waals surface area contributed by atoms with Crippen LogP contribution in [0.3, 0.4) is 0 Å². The molecule has 0 radical (unpaired) electrons. The normalized spacial score (nSPS) is 13.6. The van der Waals surface area contributed by atoms with Crippen LogP contribution in [0.15, 0.2) is 59.7 Å². The molecule has 2 amide bonds. The summed E-state index contributed by atoms with van der Waals surface area (Å²) in [5.74, 6) is -3.48. The topological polar surface area (TPSA) is 246 Å². The highest BCUT2D eigenvalue weighted by Gasteiger charge is 2.32. The molecule has 2 aromatic carbocycles. The lowest BCUT2D eigenvalue weighted by Gasteiger charge is -2.25. The third-order valence-corrected chi connectivity index (χ3v) is 8.19. The lowest BCUT2D eigenvalue weighted by molar-refractivity contribution is -0.133. The maximum atomic E-state index is 14.0. The van der Waals surface area contributed by atoms with Crippen LogP contribution in [-0.2, 0) is 38.4 Å². The van der Waals surface area contributed by atoms with E-state index in [1.807, 2.05) is 44.2 Å². The summed E-state index contributed by atoms with van der Waals surface area (Å²) < 4.78 is 0. The van der Waals surface area contributed by atoms with Crippen LogP contribution in [0.1, 0.15) is 53.6 Å². The zero-order valence-electron chi connectivity index (χ0n) is 26.9. The van der Waals surface area contributed by atoms with E-state index in [2.05, 4.69) is 20.5 Å². The van der Waals surface area contributed by atoms with E-state index in [9.17, 15) is 24.3 Å². The van der Waals surface area contributed by atoms with Crippen molar-refractivity contribution in [3.63, 3.8) is 0 Å². The molecule has 0 fully saturated rings. The number of carbonyl (C=O) groups is 4. The van der Waals surface area contributed by atoms with Crippen molar-refractivity contribution in [2.45, 2.75) is 70.9 Å². The summed E-state index contributed by atoms with van der Waals surface area (Å²) in [6.07, 6.45) is 2.47. The van der Waals surface area contributed by atoms with Gasteiger partial charge >= 0.3 is 0 Å². The van der Waals surface area contributed by atoms with Crippen LogP contribution in [-0.4, -0.2) is 63.3 Å². The molecule has 1 heterocycles. The van der Waals surface area contributed by atoms with E-state index in [0.29, 0.717) is 25.1 Å². The average molecular weight is 647 g/mol. The molecule has 47 heavy (non-hydrogen) atoms. The van der Waals surface area contributed by atoms with Gasteiger partial charge in [0.15, 0.2) is 11.7 Å². The number of guanidine groups is 1. The highest BCUT2D eigenvalue weighted by Crippen LogP contribution is 2.26. The van der Waals surface area contributed by atoms with Crippen LogP contribution in [0.2, 0.25) is 0 Å². The number of ketones is 2. The third kappa shape index (κ3) is 11.7. The Bertz CT molecular complexity index is 1510. The number of carbonyl (C=O) groups excluding carboxylic acids is 4. The maximum Gasteiger partial charge on any atom is 0.224 e. The van der Waals surface area contributed by atoms with Crippen molar-refractivity contribution in [2.75, 3.05) is 6.54 Å². The molecular weight excluding hydrogens is 600 g/mol. The molecule has 13 heteroatoms. The van der Waals surface area contributed by atoms with E-state index < -0.39 is 35.7 Å². The number of nitrogens with one attached hydrogen (secondary N) is 2. The lowest BCUT2D eigenvalue weighted by atomic mass is 9.86. The number of phenolic OH excluding ortho intramolecular Hbond substituents is 1. The Morgan fingerprint density at radius 2 is 1.57 bits per heavy atom. The summed E-state index contributed by atoms with van der Waals surface area (Å²) in [5, 5.41) is 19.7. The summed E-state index contributed by atoms with van der Waals surface area (Å²) in [4.78, 5) is 57.4. The molecular formula is C34H46N8O5. The van der Waals surface area contributed by atoms with Gasteiger partial charge in [-0.3, -0.25) is 29.3 Å². The number of aromatic amines is 1. The molecule has 0 unspecified atom stereocenters. The van der Waals surface area contributed by atoms with Crippen LogP contribution >= 0.6 is 0 Å². The minimum Gasteiger partial charge on any atom is -0.508 e. The summed E-state index contributed by atoms with van der Waals surface area (Å²) in [6, 6.07) is 12.2. The number of rotatable bonds is 19. The van der Waals surface area contributed by atoms with Crippen molar-refractivity contribution in [3.05, 3.63) is 82.7 Å². The molecule has 0 aliphatic carbocycles. The van der Waals surface area contributed by atoms with Crippen molar-refractivity contribution in [2.24, 2.45) is 39.8 Å². The van der Waals surface area contributed by atoms with E-state index in [0.717, 1.165) is 22.3 Å². The molecule has 0 spiro atoms. The Kier molecular flexibility index (Phi) is 13.6. The fourth-order valence-electron chi connectivity index (χ4n) is 5.58. The minimum absolute atomic E-state index is 0.0530. The number of aromatic hydroxyl groups is 1. The monoisotopic (exact) mass is 646 g/mol. The Morgan fingerprint density at radius 3 is 2.17 bits per heavy atom. The van der Waals surface area contributed by atoms with E-state index in [4.69, 9.17) is 22.9 Å². The molecule has 252 valence electrons. The van der Waals surface area contributed by atoms with Gasteiger partial charge in [-0.15, -0.1) is 0 Å². The molecule has 3 rings (SSSR count). The smallest absolute Gasteiger partial charge is 0.224 e. The molecule has 0 bridgehead atoms. The Labute approximate surface area is 274 Å². The lowest BCUT2D eigenvalue weighted by Crippen LogP contribution is -2.47. The molecule has 0 aliphatic heterocycles. The molecule has 1 aromatic heterocycles. The zero-order valence-corrected chi connectivity index (χ0v) is 26.9. The molecule has 0 saturated carbocycles. The first kappa shape index (κ1) is 36.4. The van der Waals surface area contributed by atoms with Crippen molar-refractivity contribution in [3.8, 4) is 5.75 Å². The van der Waals surface area contributed by atoms with Gasteiger partial charge in [-0.25, -0.2) is 0 Å². The highest BCUT2D eigenvalue weighted by molar-refractivity contribution is 5.94. The van der Waals surface area contributed by atoms with Gasteiger partial charge in [0, 0.05) is 49.5 Å². The predicted molar refractivity (Wildman–Crippen MR) is 179 cm³/mol. The number of primary amides is 1.